The van der Waals surface area contributed by atoms with Crippen LogP contribution in [0.25, 0.3) is 0 Å². The molecular formula is C16H12F2N4O2. The second-order valence-corrected chi connectivity index (χ2v) is 6.26. The number of fused-ring (bicyclic) bond motifs is 2. The van der Waals surface area contributed by atoms with Crippen LogP contribution < -0.4 is 5.73 Å². The Morgan fingerprint density at radius 1 is 1.29 bits per heavy atom. The Kier molecular flexibility index (Phi) is 2.68. The Bertz CT molecular complexity index is 876. The van der Waals surface area contributed by atoms with Crippen LogP contribution in [0.1, 0.15) is 18.4 Å². The van der Waals surface area contributed by atoms with Gasteiger partial charge in [-0.25, -0.2) is 13.8 Å². The third kappa shape index (κ3) is 1.33. The molecule has 2 fully saturated rings. The van der Waals surface area contributed by atoms with E-state index >= 15 is 0 Å². The van der Waals surface area contributed by atoms with Gasteiger partial charge in [-0.1, -0.05) is 6.07 Å². The predicted octanol–water partition coefficient (Wildman–Crippen LogP) is 1.54. The standard InChI is InChI=1S/C16H12F2N4O2/c1-8-5-23-16(24-8)15(7-20)12(14(15,6-19)13(21)22-16)9-2-3-10(17)11(18)4-9/h2-4,8,12H,5H2,1H3,(H2,21,22). The quantitative estimate of drug-likeness (QED) is 0.841. The number of aliphatic imine (C=N–C) groups is 1. The maximum atomic E-state index is 13.7. The third-order valence-electron chi connectivity index (χ3n) is 5.08. The molecule has 4 rings (SSSR count). The largest absolute Gasteiger partial charge is 0.386 e. The molecule has 2 aliphatic heterocycles. The lowest BCUT2D eigenvalue weighted by atomic mass is 9.94. The molecular weight excluding hydrogens is 318 g/mol. The molecule has 0 aromatic heterocycles. The fraction of sp³-hybridized carbons (Fsp3) is 0.438. The highest BCUT2D eigenvalue weighted by molar-refractivity contribution is 6.00. The van der Waals surface area contributed by atoms with Crippen molar-refractivity contribution >= 4 is 5.84 Å². The highest BCUT2D eigenvalue weighted by Gasteiger charge is 2.94. The van der Waals surface area contributed by atoms with Gasteiger partial charge in [0.25, 0.3) is 5.91 Å². The van der Waals surface area contributed by atoms with Crippen LogP contribution in [-0.2, 0) is 9.47 Å². The molecule has 8 heteroatoms. The zero-order valence-corrected chi connectivity index (χ0v) is 12.6. The van der Waals surface area contributed by atoms with E-state index in [1.165, 1.54) is 6.07 Å². The number of hydrogen-bond acceptors (Lipinski definition) is 6. The minimum Gasteiger partial charge on any atom is -0.386 e. The van der Waals surface area contributed by atoms with Crippen LogP contribution in [0.15, 0.2) is 23.2 Å². The first-order valence-corrected chi connectivity index (χ1v) is 7.33. The first-order chi connectivity index (χ1) is 11.4. The molecule has 5 unspecified atom stereocenters. The minimum atomic E-state index is -1.70. The Morgan fingerprint density at radius 2 is 2.04 bits per heavy atom. The van der Waals surface area contributed by atoms with Crippen molar-refractivity contribution in [3.63, 3.8) is 0 Å². The Morgan fingerprint density at radius 3 is 2.58 bits per heavy atom. The average molecular weight is 330 g/mol. The number of halogens is 2. The molecule has 3 aliphatic rings. The van der Waals surface area contributed by atoms with Crippen LogP contribution in [0.2, 0.25) is 0 Å². The summed E-state index contributed by atoms with van der Waals surface area (Å²) in [6.07, 6.45) is -0.340. The van der Waals surface area contributed by atoms with E-state index in [0.717, 1.165) is 12.1 Å². The van der Waals surface area contributed by atoms with E-state index in [1.807, 2.05) is 0 Å². The van der Waals surface area contributed by atoms with E-state index in [1.54, 1.807) is 6.92 Å². The van der Waals surface area contributed by atoms with Gasteiger partial charge in [-0.15, -0.1) is 0 Å². The Balaban J connectivity index is 1.92. The van der Waals surface area contributed by atoms with Crippen LogP contribution in [0.5, 0.6) is 0 Å². The molecule has 2 heterocycles. The monoisotopic (exact) mass is 330 g/mol. The van der Waals surface area contributed by atoms with Gasteiger partial charge in [0.2, 0.25) is 0 Å². The van der Waals surface area contributed by atoms with E-state index in [0.29, 0.717) is 0 Å². The van der Waals surface area contributed by atoms with Gasteiger partial charge in [-0.2, -0.15) is 10.5 Å². The number of hydrogen-bond donors (Lipinski definition) is 1. The van der Waals surface area contributed by atoms with E-state index in [-0.39, 0.29) is 24.1 Å². The van der Waals surface area contributed by atoms with Gasteiger partial charge < -0.3 is 15.2 Å². The van der Waals surface area contributed by atoms with Gasteiger partial charge in [-0.3, -0.25) is 0 Å². The van der Waals surface area contributed by atoms with Crippen LogP contribution in [0, 0.1) is 45.1 Å². The van der Waals surface area contributed by atoms with Crippen LogP contribution in [-0.4, -0.2) is 24.5 Å². The summed E-state index contributed by atoms with van der Waals surface area (Å²) >= 11 is 0. The van der Waals surface area contributed by atoms with E-state index in [9.17, 15) is 19.3 Å². The molecule has 24 heavy (non-hydrogen) atoms. The smallest absolute Gasteiger partial charge is 0.293 e. The van der Waals surface area contributed by atoms with Gasteiger partial charge in [0.05, 0.1) is 24.8 Å². The number of nitrogens with zero attached hydrogens (tertiary/aromatic N) is 3. The molecule has 5 atom stereocenters. The molecule has 1 saturated heterocycles. The van der Waals surface area contributed by atoms with Crippen molar-refractivity contribution in [3.05, 3.63) is 35.4 Å². The van der Waals surface area contributed by atoms with Crippen molar-refractivity contribution in [3.8, 4) is 12.1 Å². The summed E-state index contributed by atoms with van der Waals surface area (Å²) in [5.41, 5.74) is 3.23. The second-order valence-electron chi connectivity index (χ2n) is 6.26. The van der Waals surface area contributed by atoms with Crippen LogP contribution in [0.3, 0.4) is 0 Å². The summed E-state index contributed by atoms with van der Waals surface area (Å²) < 4.78 is 38.3. The van der Waals surface area contributed by atoms with Crippen LogP contribution in [0.4, 0.5) is 8.78 Å². The van der Waals surface area contributed by atoms with Gasteiger partial charge in [0, 0.05) is 5.92 Å². The van der Waals surface area contributed by atoms with Crippen molar-refractivity contribution < 1.29 is 18.3 Å². The van der Waals surface area contributed by atoms with Gasteiger partial charge in [0.1, 0.15) is 11.3 Å². The molecule has 0 amide bonds. The molecule has 1 aromatic carbocycles. The topological polar surface area (TPSA) is 104 Å². The molecule has 1 saturated carbocycles. The summed E-state index contributed by atoms with van der Waals surface area (Å²) in [6, 6.07) is 7.39. The molecule has 6 nitrogen and oxygen atoms in total. The zero-order chi connectivity index (χ0) is 17.3. The van der Waals surface area contributed by atoms with Crippen molar-refractivity contribution in [2.75, 3.05) is 6.61 Å². The normalized spacial score (nSPS) is 42.3. The maximum Gasteiger partial charge on any atom is 0.293 e. The molecule has 122 valence electrons. The highest BCUT2D eigenvalue weighted by atomic mass is 19.2. The molecule has 2 N–H and O–H groups in total. The van der Waals surface area contributed by atoms with Gasteiger partial charge >= 0.3 is 0 Å². The van der Waals surface area contributed by atoms with E-state index in [2.05, 4.69) is 17.1 Å². The fourth-order valence-corrected chi connectivity index (χ4v) is 4.05. The first kappa shape index (κ1) is 15.0. The van der Waals surface area contributed by atoms with Crippen molar-refractivity contribution in [1.29, 1.82) is 10.5 Å². The predicted molar refractivity (Wildman–Crippen MR) is 76.0 cm³/mol. The lowest BCUT2D eigenvalue weighted by Gasteiger charge is -2.26. The van der Waals surface area contributed by atoms with Crippen molar-refractivity contribution in [2.24, 2.45) is 21.6 Å². The number of ether oxygens (including phenoxy) is 2. The lowest BCUT2D eigenvalue weighted by molar-refractivity contribution is -0.193. The zero-order valence-electron chi connectivity index (χ0n) is 12.6. The SMILES string of the molecule is CC1COC2(N=C(N)C3(C#N)C(c4ccc(F)c(F)c4)C23C#N)O1. The van der Waals surface area contributed by atoms with Crippen LogP contribution >= 0.6 is 0 Å². The summed E-state index contributed by atoms with van der Waals surface area (Å²) in [5.74, 6) is -4.69. The third-order valence-corrected chi connectivity index (χ3v) is 5.08. The summed E-state index contributed by atoms with van der Waals surface area (Å²) in [7, 11) is 0. The summed E-state index contributed by atoms with van der Waals surface area (Å²) in [5, 5.41) is 19.6. The number of benzene rings is 1. The first-order valence-electron chi connectivity index (χ1n) is 7.33. The van der Waals surface area contributed by atoms with Crippen molar-refractivity contribution in [1.82, 2.24) is 0 Å². The Labute approximate surface area is 136 Å². The minimum absolute atomic E-state index is 0.0876. The number of nitrogens with two attached hydrogens (primary N) is 1. The fourth-order valence-electron chi connectivity index (χ4n) is 4.05. The van der Waals surface area contributed by atoms with E-state index < -0.39 is 34.3 Å². The Hall–Kier alpha value is -2.55. The molecule has 1 spiro atoms. The van der Waals surface area contributed by atoms with Crippen molar-refractivity contribution in [2.45, 2.75) is 24.9 Å². The molecule has 1 aromatic rings. The average Bonchev–Trinajstić information content (AvgIpc) is 2.95. The second kappa shape index (κ2) is 4.29. The lowest BCUT2D eigenvalue weighted by Crippen LogP contribution is -2.39. The highest BCUT2D eigenvalue weighted by Crippen LogP contribution is 2.82. The summed E-state index contributed by atoms with van der Waals surface area (Å²) in [4.78, 5) is 4.14. The van der Waals surface area contributed by atoms with Gasteiger partial charge in [-0.05, 0) is 24.6 Å². The molecule has 0 bridgehead atoms. The molecule has 0 radical (unpaired) electrons. The number of amidine groups is 1. The number of rotatable bonds is 1. The maximum absolute atomic E-state index is 13.7. The number of nitriles is 2. The summed E-state index contributed by atoms with van der Waals surface area (Å²) in [6.45, 7) is 1.93. The van der Waals surface area contributed by atoms with E-state index in [4.69, 9.17) is 15.2 Å². The van der Waals surface area contributed by atoms with Gasteiger partial charge in [0.15, 0.2) is 17.0 Å². The molecule has 1 aliphatic carbocycles.